The highest BCUT2D eigenvalue weighted by Crippen LogP contribution is 2.16. The molecule has 0 aromatic carbocycles. The summed E-state index contributed by atoms with van der Waals surface area (Å²) in [6, 6.07) is 6.04. The van der Waals surface area contributed by atoms with E-state index in [-0.39, 0.29) is 11.8 Å². The topological polar surface area (TPSA) is 90.1 Å². The SMILES string of the molecule is CN=C(NCCCN1CCCC(C(N)=O)C1)N1CCN(c2ccccn2)CC1. The number of carbonyl (C=O) groups is 1. The molecule has 1 unspecified atom stereocenters. The minimum absolute atomic E-state index is 0.0184. The molecule has 3 heterocycles. The Morgan fingerprint density at radius 2 is 2.11 bits per heavy atom. The van der Waals surface area contributed by atoms with Gasteiger partial charge in [0.2, 0.25) is 5.91 Å². The number of anilines is 1. The number of hydrogen-bond acceptors (Lipinski definition) is 5. The van der Waals surface area contributed by atoms with Gasteiger partial charge in [0.05, 0.1) is 5.92 Å². The Morgan fingerprint density at radius 1 is 1.29 bits per heavy atom. The molecule has 28 heavy (non-hydrogen) atoms. The van der Waals surface area contributed by atoms with Crippen molar-refractivity contribution in [2.75, 3.05) is 64.3 Å². The molecular formula is C20H33N7O. The van der Waals surface area contributed by atoms with Gasteiger partial charge in [0.15, 0.2) is 5.96 Å². The molecule has 0 aliphatic carbocycles. The fourth-order valence-corrected chi connectivity index (χ4v) is 4.01. The third-order valence-electron chi connectivity index (χ3n) is 5.61. The van der Waals surface area contributed by atoms with Gasteiger partial charge < -0.3 is 25.8 Å². The third kappa shape index (κ3) is 5.58. The van der Waals surface area contributed by atoms with Gasteiger partial charge in [0.1, 0.15) is 5.82 Å². The third-order valence-corrected chi connectivity index (χ3v) is 5.61. The van der Waals surface area contributed by atoms with E-state index < -0.39 is 0 Å². The number of nitrogens with zero attached hydrogens (tertiary/aromatic N) is 5. The maximum atomic E-state index is 11.4. The van der Waals surface area contributed by atoms with Crippen molar-refractivity contribution in [3.63, 3.8) is 0 Å². The Labute approximate surface area is 167 Å². The maximum absolute atomic E-state index is 11.4. The van der Waals surface area contributed by atoms with E-state index >= 15 is 0 Å². The summed E-state index contributed by atoms with van der Waals surface area (Å²) in [6.07, 6.45) is 4.86. The van der Waals surface area contributed by atoms with Crippen LogP contribution in [0.15, 0.2) is 29.4 Å². The highest BCUT2D eigenvalue weighted by molar-refractivity contribution is 5.80. The van der Waals surface area contributed by atoms with Crippen LogP contribution < -0.4 is 16.0 Å². The second-order valence-corrected chi connectivity index (χ2v) is 7.53. The van der Waals surface area contributed by atoms with Gasteiger partial charge in [-0.1, -0.05) is 6.07 Å². The van der Waals surface area contributed by atoms with Crippen LogP contribution in [-0.4, -0.2) is 86.1 Å². The Morgan fingerprint density at radius 3 is 2.79 bits per heavy atom. The monoisotopic (exact) mass is 387 g/mol. The van der Waals surface area contributed by atoms with Crippen molar-refractivity contribution in [2.45, 2.75) is 19.3 Å². The lowest BCUT2D eigenvalue weighted by Gasteiger charge is -2.37. The lowest BCUT2D eigenvalue weighted by molar-refractivity contribution is -0.123. The van der Waals surface area contributed by atoms with Gasteiger partial charge in [-0.25, -0.2) is 4.98 Å². The van der Waals surface area contributed by atoms with E-state index in [0.717, 1.165) is 83.4 Å². The first-order valence-electron chi connectivity index (χ1n) is 10.3. The van der Waals surface area contributed by atoms with E-state index in [1.807, 2.05) is 25.4 Å². The quantitative estimate of drug-likeness (QED) is 0.416. The standard InChI is InChI=1S/C20H33N7O/c1-22-20(24-9-5-11-25-10-4-6-17(16-25)19(21)28)27-14-12-26(13-15-27)18-7-2-3-8-23-18/h2-3,7-8,17H,4-6,9-16H2,1H3,(H2,21,28)(H,22,24). The number of primary amides is 1. The van der Waals surface area contributed by atoms with Crippen LogP contribution in [0.2, 0.25) is 0 Å². The molecule has 0 bridgehead atoms. The summed E-state index contributed by atoms with van der Waals surface area (Å²) in [5.41, 5.74) is 5.46. The van der Waals surface area contributed by atoms with Crippen LogP contribution in [0.5, 0.6) is 0 Å². The molecule has 8 nitrogen and oxygen atoms in total. The van der Waals surface area contributed by atoms with Gasteiger partial charge in [-0.05, 0) is 44.5 Å². The van der Waals surface area contributed by atoms with Crippen LogP contribution in [0.3, 0.4) is 0 Å². The summed E-state index contributed by atoms with van der Waals surface area (Å²) in [6.45, 7) is 7.49. The van der Waals surface area contributed by atoms with Crippen LogP contribution in [0.1, 0.15) is 19.3 Å². The number of carbonyl (C=O) groups excluding carboxylic acids is 1. The summed E-state index contributed by atoms with van der Waals surface area (Å²) < 4.78 is 0. The molecule has 2 aliphatic rings. The molecule has 0 spiro atoms. The molecular weight excluding hydrogens is 354 g/mol. The average Bonchev–Trinajstić information content (AvgIpc) is 2.75. The van der Waals surface area contributed by atoms with Gasteiger partial charge in [-0.2, -0.15) is 0 Å². The number of aromatic nitrogens is 1. The van der Waals surface area contributed by atoms with Crippen molar-refractivity contribution < 1.29 is 4.79 Å². The van der Waals surface area contributed by atoms with E-state index in [4.69, 9.17) is 5.73 Å². The van der Waals surface area contributed by atoms with Gasteiger partial charge in [-0.3, -0.25) is 9.79 Å². The zero-order valence-corrected chi connectivity index (χ0v) is 16.9. The molecule has 2 aliphatic heterocycles. The van der Waals surface area contributed by atoms with Gasteiger partial charge in [0.25, 0.3) is 0 Å². The Hall–Kier alpha value is -2.35. The van der Waals surface area contributed by atoms with E-state index in [1.165, 1.54) is 0 Å². The normalized spacial score (nSPS) is 21.6. The molecule has 8 heteroatoms. The largest absolute Gasteiger partial charge is 0.369 e. The molecule has 1 atom stereocenters. The predicted octanol–water partition coefficient (Wildman–Crippen LogP) is 0.366. The molecule has 0 saturated carbocycles. The molecule has 3 rings (SSSR count). The number of nitrogens with two attached hydrogens (primary N) is 1. The van der Waals surface area contributed by atoms with Crippen molar-refractivity contribution in [2.24, 2.45) is 16.6 Å². The minimum Gasteiger partial charge on any atom is -0.369 e. The van der Waals surface area contributed by atoms with Crippen LogP contribution in [0.25, 0.3) is 0 Å². The Bertz CT molecular complexity index is 643. The van der Waals surface area contributed by atoms with Crippen molar-refractivity contribution in [3.8, 4) is 0 Å². The van der Waals surface area contributed by atoms with Crippen molar-refractivity contribution in [1.29, 1.82) is 0 Å². The first kappa shape index (κ1) is 20.4. The van der Waals surface area contributed by atoms with E-state index in [1.54, 1.807) is 0 Å². The van der Waals surface area contributed by atoms with Gasteiger partial charge in [0, 0.05) is 52.5 Å². The fourth-order valence-electron chi connectivity index (χ4n) is 4.01. The van der Waals surface area contributed by atoms with E-state index in [9.17, 15) is 4.79 Å². The molecule has 1 aromatic heterocycles. The van der Waals surface area contributed by atoms with Crippen LogP contribution in [0, 0.1) is 5.92 Å². The smallest absolute Gasteiger partial charge is 0.221 e. The molecule has 0 radical (unpaired) electrons. The second kappa shape index (κ2) is 10.3. The first-order chi connectivity index (χ1) is 13.7. The molecule has 3 N–H and O–H groups in total. The highest BCUT2D eigenvalue weighted by atomic mass is 16.1. The number of piperazine rings is 1. The number of piperidine rings is 1. The number of pyridine rings is 1. The van der Waals surface area contributed by atoms with Crippen LogP contribution >= 0.6 is 0 Å². The Balaban J connectivity index is 1.37. The Kier molecular flexibility index (Phi) is 7.47. The van der Waals surface area contributed by atoms with Gasteiger partial charge >= 0.3 is 0 Å². The van der Waals surface area contributed by atoms with Crippen molar-refractivity contribution in [3.05, 3.63) is 24.4 Å². The molecule has 1 aromatic rings. The average molecular weight is 388 g/mol. The first-order valence-corrected chi connectivity index (χ1v) is 10.3. The summed E-state index contributed by atoms with van der Waals surface area (Å²) >= 11 is 0. The maximum Gasteiger partial charge on any atom is 0.221 e. The molecule has 1 amide bonds. The number of nitrogens with one attached hydrogen (secondary N) is 1. The minimum atomic E-state index is -0.159. The lowest BCUT2D eigenvalue weighted by atomic mass is 9.97. The summed E-state index contributed by atoms with van der Waals surface area (Å²) in [4.78, 5) is 27.3. The zero-order valence-electron chi connectivity index (χ0n) is 16.9. The molecule has 154 valence electrons. The zero-order chi connectivity index (χ0) is 19.8. The number of likely N-dealkylation sites (tertiary alicyclic amines) is 1. The lowest BCUT2D eigenvalue weighted by Crippen LogP contribution is -2.53. The van der Waals surface area contributed by atoms with Crippen molar-refractivity contribution in [1.82, 2.24) is 20.1 Å². The fraction of sp³-hybridized carbons (Fsp3) is 0.650. The number of guanidine groups is 1. The molecule has 2 saturated heterocycles. The van der Waals surface area contributed by atoms with Crippen molar-refractivity contribution >= 4 is 17.7 Å². The van der Waals surface area contributed by atoms with Crippen LogP contribution in [0.4, 0.5) is 5.82 Å². The number of amides is 1. The van der Waals surface area contributed by atoms with Gasteiger partial charge in [-0.15, -0.1) is 0 Å². The summed E-state index contributed by atoms with van der Waals surface area (Å²) in [5, 5.41) is 3.49. The number of rotatable bonds is 6. The summed E-state index contributed by atoms with van der Waals surface area (Å²) in [5.74, 6) is 1.87. The van der Waals surface area contributed by atoms with E-state index in [0.29, 0.717) is 0 Å². The predicted molar refractivity (Wildman–Crippen MR) is 112 cm³/mol. The van der Waals surface area contributed by atoms with Crippen LogP contribution in [-0.2, 0) is 4.79 Å². The second-order valence-electron chi connectivity index (χ2n) is 7.53. The van der Waals surface area contributed by atoms with E-state index in [2.05, 4.69) is 36.1 Å². The highest BCUT2D eigenvalue weighted by Gasteiger charge is 2.24. The summed E-state index contributed by atoms with van der Waals surface area (Å²) in [7, 11) is 1.84. The number of aliphatic imine (C=N–C) groups is 1. The number of hydrogen-bond donors (Lipinski definition) is 2. The molecule has 2 fully saturated rings.